The van der Waals surface area contributed by atoms with Crippen molar-refractivity contribution in [3.63, 3.8) is 0 Å². The molecule has 4 rings (SSSR count). The number of nitrogens with zero attached hydrogens (tertiary/aromatic N) is 1. The van der Waals surface area contributed by atoms with Crippen LogP contribution in [0.25, 0.3) is 0 Å². The van der Waals surface area contributed by atoms with E-state index in [4.69, 9.17) is 4.74 Å². The highest BCUT2D eigenvalue weighted by atomic mass is 19.1. The second kappa shape index (κ2) is 7.58. The second-order valence-electron chi connectivity index (χ2n) is 7.83. The molecule has 0 aromatic heterocycles. The number of ether oxygens (including phenoxy) is 1. The van der Waals surface area contributed by atoms with Crippen LogP contribution >= 0.6 is 0 Å². The first kappa shape index (κ1) is 19.6. The first-order valence-corrected chi connectivity index (χ1v) is 9.95. The molecule has 4 nitrogen and oxygen atoms in total. The summed E-state index contributed by atoms with van der Waals surface area (Å²) in [4.78, 5) is 27.9. The second-order valence-corrected chi connectivity index (χ2v) is 7.83. The van der Waals surface area contributed by atoms with Gasteiger partial charge in [0.05, 0.1) is 17.6 Å². The van der Waals surface area contributed by atoms with E-state index >= 15 is 0 Å². The van der Waals surface area contributed by atoms with Crippen LogP contribution in [0.5, 0.6) is 0 Å². The van der Waals surface area contributed by atoms with Crippen molar-refractivity contribution >= 4 is 11.9 Å². The van der Waals surface area contributed by atoms with E-state index in [9.17, 15) is 18.4 Å². The summed E-state index contributed by atoms with van der Waals surface area (Å²) in [5, 5.41) is 0. The summed E-state index contributed by atoms with van der Waals surface area (Å²) in [6, 6.07) is 12.1. The summed E-state index contributed by atoms with van der Waals surface area (Å²) < 4.78 is 33.0. The number of rotatable bonds is 5. The molecule has 2 bridgehead atoms. The molecule has 0 saturated carbocycles. The van der Waals surface area contributed by atoms with Crippen molar-refractivity contribution in [3.8, 4) is 0 Å². The van der Waals surface area contributed by atoms with Crippen molar-refractivity contribution in [2.24, 2.45) is 5.41 Å². The third-order valence-corrected chi connectivity index (χ3v) is 6.18. The van der Waals surface area contributed by atoms with Crippen molar-refractivity contribution in [2.45, 2.75) is 44.7 Å². The van der Waals surface area contributed by atoms with Gasteiger partial charge in [-0.15, -0.1) is 0 Å². The summed E-state index contributed by atoms with van der Waals surface area (Å²) in [5.41, 5.74) is -0.0250. The van der Waals surface area contributed by atoms with Crippen LogP contribution in [-0.4, -0.2) is 35.5 Å². The zero-order chi connectivity index (χ0) is 20.6. The van der Waals surface area contributed by atoms with Gasteiger partial charge < -0.3 is 9.64 Å². The highest BCUT2D eigenvalue weighted by Crippen LogP contribution is 2.52. The van der Waals surface area contributed by atoms with Crippen LogP contribution in [0.1, 0.15) is 42.1 Å². The van der Waals surface area contributed by atoms with Gasteiger partial charge in [-0.25, -0.2) is 8.78 Å². The van der Waals surface area contributed by atoms with Crippen LogP contribution in [0.15, 0.2) is 48.5 Å². The zero-order valence-electron chi connectivity index (χ0n) is 16.2. The van der Waals surface area contributed by atoms with Gasteiger partial charge in [0.15, 0.2) is 0 Å². The van der Waals surface area contributed by atoms with Gasteiger partial charge in [-0.1, -0.05) is 30.3 Å². The normalized spacial score (nSPS) is 25.3. The molecule has 0 N–H and O–H groups in total. The molecule has 2 saturated heterocycles. The topological polar surface area (TPSA) is 46.6 Å². The molecular weight excluding hydrogens is 376 g/mol. The summed E-state index contributed by atoms with van der Waals surface area (Å²) in [6.45, 7) is 2.02. The molecule has 152 valence electrons. The third kappa shape index (κ3) is 3.30. The number of halogens is 2. The van der Waals surface area contributed by atoms with E-state index in [0.29, 0.717) is 25.3 Å². The lowest BCUT2D eigenvalue weighted by atomic mass is 9.70. The van der Waals surface area contributed by atoms with Crippen LogP contribution in [0.4, 0.5) is 8.78 Å². The monoisotopic (exact) mass is 399 g/mol. The fourth-order valence-electron chi connectivity index (χ4n) is 5.01. The Hall–Kier alpha value is -2.76. The van der Waals surface area contributed by atoms with Crippen LogP contribution in [0.2, 0.25) is 0 Å². The van der Waals surface area contributed by atoms with Crippen LogP contribution in [0, 0.1) is 17.0 Å². The summed E-state index contributed by atoms with van der Waals surface area (Å²) in [5.74, 6) is -2.41. The molecule has 6 heteroatoms. The largest absolute Gasteiger partial charge is 0.465 e. The van der Waals surface area contributed by atoms with E-state index in [1.54, 1.807) is 11.8 Å². The molecule has 0 radical (unpaired) electrons. The molecule has 2 aliphatic rings. The quantitative estimate of drug-likeness (QED) is 0.710. The van der Waals surface area contributed by atoms with Gasteiger partial charge in [0, 0.05) is 18.2 Å². The summed E-state index contributed by atoms with van der Waals surface area (Å²) in [7, 11) is 0. The Balaban J connectivity index is 1.70. The molecule has 0 unspecified atom stereocenters. The number of esters is 1. The Morgan fingerprint density at radius 1 is 1.14 bits per heavy atom. The molecule has 0 spiro atoms. The number of amides is 1. The highest BCUT2D eigenvalue weighted by Gasteiger charge is 2.62. The van der Waals surface area contributed by atoms with E-state index in [-0.39, 0.29) is 30.2 Å². The predicted octanol–water partition coefficient (Wildman–Crippen LogP) is 4.13. The molecule has 3 atom stereocenters. The van der Waals surface area contributed by atoms with Gasteiger partial charge in [-0.05, 0) is 50.3 Å². The van der Waals surface area contributed by atoms with Crippen LogP contribution in [0.3, 0.4) is 0 Å². The fourth-order valence-corrected chi connectivity index (χ4v) is 5.01. The van der Waals surface area contributed by atoms with E-state index in [0.717, 1.165) is 18.1 Å². The van der Waals surface area contributed by atoms with Crippen molar-refractivity contribution in [2.75, 3.05) is 6.61 Å². The molecule has 29 heavy (non-hydrogen) atoms. The first-order chi connectivity index (χ1) is 14.0. The number of carbonyl (C=O) groups is 2. The Morgan fingerprint density at radius 2 is 1.90 bits per heavy atom. The Bertz CT molecular complexity index is 933. The van der Waals surface area contributed by atoms with Gasteiger partial charge in [0.1, 0.15) is 11.6 Å². The van der Waals surface area contributed by atoms with Gasteiger partial charge in [0.2, 0.25) is 0 Å². The summed E-state index contributed by atoms with van der Waals surface area (Å²) >= 11 is 0. The number of benzene rings is 2. The Labute approximate surface area is 168 Å². The molecule has 2 heterocycles. The minimum Gasteiger partial charge on any atom is -0.465 e. The van der Waals surface area contributed by atoms with Gasteiger partial charge in [-0.3, -0.25) is 9.59 Å². The van der Waals surface area contributed by atoms with Crippen molar-refractivity contribution < 1.29 is 23.1 Å². The fraction of sp³-hybridized carbons (Fsp3) is 0.391. The van der Waals surface area contributed by atoms with Crippen molar-refractivity contribution in [3.05, 3.63) is 71.3 Å². The molecule has 2 aromatic rings. The number of hydrogen-bond acceptors (Lipinski definition) is 3. The van der Waals surface area contributed by atoms with E-state index in [1.165, 1.54) is 6.07 Å². The third-order valence-electron chi connectivity index (χ3n) is 6.18. The average Bonchev–Trinajstić information content (AvgIpc) is 3.25. The maximum absolute atomic E-state index is 14.3. The van der Waals surface area contributed by atoms with Gasteiger partial charge in [0.25, 0.3) is 5.91 Å². The van der Waals surface area contributed by atoms with Crippen LogP contribution < -0.4 is 0 Å². The molecule has 2 aliphatic heterocycles. The zero-order valence-corrected chi connectivity index (χ0v) is 16.2. The van der Waals surface area contributed by atoms with E-state index in [1.807, 2.05) is 30.3 Å². The number of fused-ring (bicyclic) bond motifs is 2. The molecule has 2 aromatic carbocycles. The molecule has 1 amide bonds. The van der Waals surface area contributed by atoms with Crippen molar-refractivity contribution in [1.82, 2.24) is 4.90 Å². The maximum Gasteiger partial charge on any atom is 0.314 e. The lowest BCUT2D eigenvalue weighted by molar-refractivity contribution is -0.157. The Morgan fingerprint density at radius 3 is 2.59 bits per heavy atom. The average molecular weight is 399 g/mol. The maximum atomic E-state index is 14.3. The van der Waals surface area contributed by atoms with Gasteiger partial charge >= 0.3 is 5.97 Å². The number of hydrogen-bond donors (Lipinski definition) is 0. The lowest BCUT2D eigenvalue weighted by Gasteiger charge is -2.35. The summed E-state index contributed by atoms with van der Waals surface area (Å²) in [6.07, 6.45) is 2.36. The van der Waals surface area contributed by atoms with E-state index < -0.39 is 23.0 Å². The standard InChI is InChI=1S/C23H23F2NO3/c1-2-29-22(28)23(13-15-6-4-3-5-7-15)14-17-9-11-20(23)26(17)21(27)18-10-8-16(24)12-19(18)25/h3-8,10,12,17,20H,2,9,11,13-14H2,1H3/t17-,20+,23+/m1/s1. The number of carbonyl (C=O) groups excluding carboxylic acids is 2. The predicted molar refractivity (Wildman–Crippen MR) is 103 cm³/mol. The SMILES string of the molecule is CCOC(=O)[C@@]1(Cc2ccccc2)C[C@H]2CC[C@@H]1N2C(=O)c1ccc(F)cc1F. The molecule has 2 fully saturated rings. The minimum absolute atomic E-state index is 0.162. The van der Waals surface area contributed by atoms with E-state index in [2.05, 4.69) is 0 Å². The van der Waals surface area contributed by atoms with Gasteiger partial charge in [-0.2, -0.15) is 0 Å². The lowest BCUT2D eigenvalue weighted by Crippen LogP contribution is -2.47. The Kier molecular flexibility index (Phi) is 5.11. The van der Waals surface area contributed by atoms with Crippen molar-refractivity contribution in [1.29, 1.82) is 0 Å². The first-order valence-electron chi connectivity index (χ1n) is 9.95. The van der Waals surface area contributed by atoms with Crippen LogP contribution in [-0.2, 0) is 16.0 Å². The highest BCUT2D eigenvalue weighted by molar-refractivity contribution is 5.96. The molecule has 0 aliphatic carbocycles. The minimum atomic E-state index is -0.883. The smallest absolute Gasteiger partial charge is 0.314 e. The molecular formula is C23H23F2NO3.